The zero-order chi connectivity index (χ0) is 12.1. The van der Waals surface area contributed by atoms with Crippen molar-refractivity contribution in [1.29, 1.82) is 0 Å². The molecule has 1 heterocycles. The number of nitrogens with zero attached hydrogens (tertiary/aromatic N) is 2. The average Bonchev–Trinajstić information content (AvgIpc) is 2.78. The van der Waals surface area contributed by atoms with Gasteiger partial charge in [0.2, 0.25) is 0 Å². The maximum absolute atomic E-state index is 5.49. The van der Waals surface area contributed by atoms with Gasteiger partial charge in [0.15, 0.2) is 0 Å². The maximum atomic E-state index is 5.49. The van der Waals surface area contributed by atoms with Crippen LogP contribution in [-0.2, 0) is 13.0 Å². The van der Waals surface area contributed by atoms with Gasteiger partial charge in [-0.05, 0) is 24.2 Å². The Hall–Kier alpha value is -1.81. The Bertz CT molecular complexity index is 462. The highest BCUT2D eigenvalue weighted by atomic mass is 16.5. The molecule has 0 aliphatic carbocycles. The van der Waals surface area contributed by atoms with Crippen molar-refractivity contribution in [3.05, 3.63) is 48.0 Å². The Labute approximate surface area is 101 Å². The van der Waals surface area contributed by atoms with Crippen LogP contribution in [0.2, 0.25) is 0 Å². The smallest absolute Gasteiger partial charge is 0.118 e. The Morgan fingerprint density at radius 1 is 1.29 bits per heavy atom. The van der Waals surface area contributed by atoms with E-state index in [9.17, 15) is 0 Å². The van der Waals surface area contributed by atoms with Crippen LogP contribution in [0.5, 0.6) is 5.75 Å². The Morgan fingerprint density at radius 2 is 2.06 bits per heavy atom. The van der Waals surface area contributed by atoms with E-state index in [1.165, 1.54) is 5.56 Å². The fourth-order valence-corrected chi connectivity index (χ4v) is 1.71. The molecule has 1 aromatic carbocycles. The van der Waals surface area contributed by atoms with Gasteiger partial charge < -0.3 is 15.0 Å². The Morgan fingerprint density at radius 3 is 2.71 bits per heavy atom. The third-order valence-electron chi connectivity index (χ3n) is 2.61. The molecule has 0 unspecified atom stereocenters. The molecule has 2 rings (SSSR count). The number of rotatable bonds is 5. The number of nitrogens with two attached hydrogens (primary N) is 1. The van der Waals surface area contributed by atoms with Crippen molar-refractivity contribution in [3.63, 3.8) is 0 Å². The topological polar surface area (TPSA) is 53.1 Å². The third-order valence-corrected chi connectivity index (χ3v) is 2.61. The van der Waals surface area contributed by atoms with E-state index in [0.717, 1.165) is 24.4 Å². The van der Waals surface area contributed by atoms with Crippen molar-refractivity contribution in [3.8, 4) is 5.75 Å². The molecule has 4 nitrogen and oxygen atoms in total. The summed E-state index contributed by atoms with van der Waals surface area (Å²) in [6.07, 6.45) is 4.71. The van der Waals surface area contributed by atoms with Crippen LogP contribution in [-0.4, -0.2) is 23.2 Å². The minimum atomic E-state index is 0.638. The molecule has 0 bridgehead atoms. The lowest BCUT2D eigenvalue weighted by molar-refractivity contribution is 0.414. The second kappa shape index (κ2) is 5.50. The summed E-state index contributed by atoms with van der Waals surface area (Å²) in [7, 11) is 1.67. The molecule has 2 aromatic rings. The van der Waals surface area contributed by atoms with E-state index in [0.29, 0.717) is 6.54 Å². The van der Waals surface area contributed by atoms with Crippen molar-refractivity contribution in [2.24, 2.45) is 5.73 Å². The van der Waals surface area contributed by atoms with Gasteiger partial charge in [-0.15, -0.1) is 0 Å². The van der Waals surface area contributed by atoms with Gasteiger partial charge in [0.25, 0.3) is 0 Å². The molecule has 0 saturated heterocycles. The van der Waals surface area contributed by atoms with Crippen LogP contribution in [0.3, 0.4) is 0 Å². The van der Waals surface area contributed by atoms with Gasteiger partial charge in [0, 0.05) is 19.2 Å². The van der Waals surface area contributed by atoms with Crippen molar-refractivity contribution >= 4 is 0 Å². The van der Waals surface area contributed by atoms with Gasteiger partial charge in [-0.1, -0.05) is 12.1 Å². The van der Waals surface area contributed by atoms with E-state index in [1.807, 2.05) is 24.7 Å². The maximum Gasteiger partial charge on any atom is 0.118 e. The summed E-state index contributed by atoms with van der Waals surface area (Å²) >= 11 is 0. The van der Waals surface area contributed by atoms with Crippen LogP contribution in [0.15, 0.2) is 36.8 Å². The van der Waals surface area contributed by atoms with Gasteiger partial charge in [0.1, 0.15) is 5.75 Å². The first kappa shape index (κ1) is 11.7. The summed E-state index contributed by atoms with van der Waals surface area (Å²) in [6, 6.07) is 8.04. The van der Waals surface area contributed by atoms with Gasteiger partial charge in [-0.2, -0.15) is 0 Å². The second-order valence-corrected chi connectivity index (χ2v) is 3.92. The van der Waals surface area contributed by atoms with Crippen molar-refractivity contribution < 1.29 is 4.74 Å². The fraction of sp³-hybridized carbons (Fsp3) is 0.308. The highest BCUT2D eigenvalue weighted by Gasteiger charge is 1.99. The molecule has 4 heteroatoms. The minimum Gasteiger partial charge on any atom is -0.497 e. The molecule has 17 heavy (non-hydrogen) atoms. The first-order valence-corrected chi connectivity index (χ1v) is 5.65. The lowest BCUT2D eigenvalue weighted by atomic mass is 10.2. The largest absolute Gasteiger partial charge is 0.497 e. The molecular weight excluding hydrogens is 214 g/mol. The summed E-state index contributed by atoms with van der Waals surface area (Å²) in [5.74, 6) is 0.878. The van der Waals surface area contributed by atoms with E-state index in [4.69, 9.17) is 10.5 Å². The molecule has 90 valence electrons. The number of methoxy groups -OCH3 is 1. The van der Waals surface area contributed by atoms with Gasteiger partial charge in [-0.25, -0.2) is 4.98 Å². The van der Waals surface area contributed by atoms with Gasteiger partial charge in [-0.3, -0.25) is 0 Å². The second-order valence-electron chi connectivity index (χ2n) is 3.92. The van der Waals surface area contributed by atoms with Crippen LogP contribution in [0.4, 0.5) is 0 Å². The SMILES string of the molecule is COc1ccc(Cn2cnc(CCN)c2)cc1. The molecular formula is C13H17N3O. The van der Waals surface area contributed by atoms with Crippen molar-refractivity contribution in [1.82, 2.24) is 9.55 Å². The predicted octanol–water partition coefficient (Wildman–Crippen LogP) is 1.44. The molecule has 0 atom stereocenters. The number of hydrogen-bond donors (Lipinski definition) is 1. The van der Waals surface area contributed by atoms with Crippen LogP contribution < -0.4 is 10.5 Å². The van der Waals surface area contributed by atoms with Gasteiger partial charge >= 0.3 is 0 Å². The predicted molar refractivity (Wildman–Crippen MR) is 67.1 cm³/mol. The monoisotopic (exact) mass is 231 g/mol. The molecule has 0 aliphatic rings. The Balaban J connectivity index is 2.03. The summed E-state index contributed by atoms with van der Waals surface area (Å²) in [5.41, 5.74) is 7.76. The lowest BCUT2D eigenvalue weighted by Gasteiger charge is -2.04. The standard InChI is InChI=1S/C13H17N3O/c1-17-13-4-2-11(3-5-13)8-16-9-12(6-7-14)15-10-16/h2-5,9-10H,6-8,14H2,1H3. The summed E-state index contributed by atoms with van der Waals surface area (Å²) < 4.78 is 7.18. The third kappa shape index (κ3) is 3.07. The molecule has 1 aromatic heterocycles. The first-order valence-electron chi connectivity index (χ1n) is 5.65. The molecule has 0 amide bonds. The highest BCUT2D eigenvalue weighted by molar-refractivity contribution is 5.27. The quantitative estimate of drug-likeness (QED) is 0.847. The van der Waals surface area contributed by atoms with Gasteiger partial charge in [0.05, 0.1) is 19.1 Å². The average molecular weight is 231 g/mol. The van der Waals surface area contributed by atoms with Crippen LogP contribution in [0, 0.1) is 0 Å². The molecule has 2 N–H and O–H groups in total. The number of hydrogen-bond acceptors (Lipinski definition) is 3. The number of aromatic nitrogens is 2. The van der Waals surface area contributed by atoms with Crippen LogP contribution in [0.25, 0.3) is 0 Å². The normalized spacial score (nSPS) is 10.5. The van der Waals surface area contributed by atoms with Crippen LogP contribution >= 0.6 is 0 Å². The van der Waals surface area contributed by atoms with E-state index in [1.54, 1.807) is 7.11 Å². The zero-order valence-electron chi connectivity index (χ0n) is 9.97. The minimum absolute atomic E-state index is 0.638. The number of benzene rings is 1. The molecule has 0 radical (unpaired) electrons. The van der Waals surface area contributed by atoms with E-state index in [2.05, 4.69) is 21.7 Å². The molecule has 0 saturated carbocycles. The molecule has 0 fully saturated rings. The van der Waals surface area contributed by atoms with E-state index >= 15 is 0 Å². The zero-order valence-corrected chi connectivity index (χ0v) is 9.97. The van der Waals surface area contributed by atoms with Crippen molar-refractivity contribution in [2.45, 2.75) is 13.0 Å². The number of imidazole rings is 1. The van der Waals surface area contributed by atoms with Crippen molar-refractivity contribution in [2.75, 3.05) is 13.7 Å². The van der Waals surface area contributed by atoms with E-state index in [-0.39, 0.29) is 0 Å². The lowest BCUT2D eigenvalue weighted by Crippen LogP contribution is -2.02. The summed E-state index contributed by atoms with van der Waals surface area (Å²) in [5, 5.41) is 0. The number of ether oxygens (including phenoxy) is 1. The summed E-state index contributed by atoms with van der Waals surface area (Å²) in [6.45, 7) is 1.46. The summed E-state index contributed by atoms with van der Waals surface area (Å²) in [4.78, 5) is 4.29. The first-order chi connectivity index (χ1) is 8.31. The Kier molecular flexibility index (Phi) is 3.77. The fourth-order valence-electron chi connectivity index (χ4n) is 1.71. The van der Waals surface area contributed by atoms with Crippen LogP contribution in [0.1, 0.15) is 11.3 Å². The molecule has 0 aliphatic heterocycles. The highest BCUT2D eigenvalue weighted by Crippen LogP contribution is 2.12. The van der Waals surface area contributed by atoms with E-state index < -0.39 is 0 Å². The molecule has 0 spiro atoms.